The van der Waals surface area contributed by atoms with Crippen molar-refractivity contribution in [1.82, 2.24) is 4.72 Å². The number of anilines is 1. The molecule has 118 valence electrons. The first-order valence-electron chi connectivity index (χ1n) is 7.41. The lowest BCUT2D eigenvalue weighted by atomic mass is 10.0. The smallest absolute Gasteiger partial charge is 0.241 e. The summed E-state index contributed by atoms with van der Waals surface area (Å²) >= 11 is 0. The van der Waals surface area contributed by atoms with Crippen LogP contribution in [0.3, 0.4) is 0 Å². The van der Waals surface area contributed by atoms with Crippen molar-refractivity contribution in [3.05, 3.63) is 23.3 Å². The monoisotopic (exact) mass is 311 g/mol. The summed E-state index contributed by atoms with van der Waals surface area (Å²) in [5.41, 5.74) is 4.88. The molecule has 0 atom stereocenters. The number of nitrogens with two attached hydrogens (primary N) is 1. The first-order chi connectivity index (χ1) is 9.83. The van der Waals surface area contributed by atoms with Crippen LogP contribution in [-0.4, -0.2) is 15.0 Å². The number of aryl methyl sites for hydroxylation is 2. The summed E-state index contributed by atoms with van der Waals surface area (Å²) in [7, 11) is -3.48. The molecule has 0 aliphatic heterocycles. The van der Waals surface area contributed by atoms with Crippen LogP contribution in [0.5, 0.6) is 0 Å². The summed E-state index contributed by atoms with van der Waals surface area (Å²) in [6.45, 7) is 6.27. The third-order valence-electron chi connectivity index (χ3n) is 4.27. The van der Waals surface area contributed by atoms with Crippen LogP contribution in [0.25, 0.3) is 0 Å². The Morgan fingerprint density at radius 1 is 1.24 bits per heavy atom. The Labute approximate surface area is 127 Å². The van der Waals surface area contributed by atoms with Gasteiger partial charge in [0.25, 0.3) is 0 Å². The number of nitrogen functional groups attached to an aromatic ring is 1. The normalized spacial score (nSPS) is 16.8. The van der Waals surface area contributed by atoms with Crippen molar-refractivity contribution in [2.24, 2.45) is 11.3 Å². The third-order valence-corrected chi connectivity index (χ3v) is 5.98. The summed E-state index contributed by atoms with van der Waals surface area (Å²) in [5, 5.41) is 0. The molecule has 0 unspecified atom stereocenters. The molecule has 1 aliphatic rings. The van der Waals surface area contributed by atoms with Gasteiger partial charge in [0, 0.05) is 12.2 Å². The molecule has 21 heavy (non-hydrogen) atoms. The molecule has 0 heterocycles. The summed E-state index contributed by atoms with van der Waals surface area (Å²) in [5.74, 6) is 5.39. The molecule has 1 saturated carbocycles. The van der Waals surface area contributed by atoms with Gasteiger partial charge in [0.15, 0.2) is 0 Å². The number of hydrogen-bond donors (Lipinski definition) is 3. The highest BCUT2D eigenvalue weighted by atomic mass is 32.2. The van der Waals surface area contributed by atoms with Gasteiger partial charge >= 0.3 is 0 Å². The van der Waals surface area contributed by atoms with E-state index in [1.54, 1.807) is 26.0 Å². The van der Waals surface area contributed by atoms with Crippen molar-refractivity contribution in [3.63, 3.8) is 0 Å². The molecule has 2 rings (SSSR count). The van der Waals surface area contributed by atoms with Gasteiger partial charge in [-0.25, -0.2) is 13.1 Å². The highest BCUT2D eigenvalue weighted by Gasteiger charge is 2.42. The van der Waals surface area contributed by atoms with Crippen LogP contribution < -0.4 is 16.0 Å². The standard InChI is InChI=1S/C15H25N3O2S/c1-4-5-15(6-7-15)10-17-21(19,20)14-11(2)8-13(18-16)9-12(14)3/h8-9,17-18H,4-7,10,16H2,1-3H3. The van der Waals surface area contributed by atoms with Gasteiger partial charge < -0.3 is 5.43 Å². The van der Waals surface area contributed by atoms with Crippen molar-refractivity contribution in [2.45, 2.75) is 51.3 Å². The van der Waals surface area contributed by atoms with Gasteiger partial charge in [0.05, 0.1) is 4.90 Å². The Morgan fingerprint density at radius 3 is 2.24 bits per heavy atom. The van der Waals surface area contributed by atoms with Gasteiger partial charge in [-0.1, -0.05) is 13.3 Å². The molecule has 0 spiro atoms. The average Bonchev–Trinajstić information content (AvgIpc) is 3.16. The second-order valence-corrected chi connectivity index (χ2v) is 7.86. The molecule has 6 heteroatoms. The predicted octanol–water partition coefficient (Wildman–Crippen LogP) is 2.45. The number of rotatable bonds is 7. The van der Waals surface area contributed by atoms with Gasteiger partial charge in [0.2, 0.25) is 10.0 Å². The fraction of sp³-hybridized carbons (Fsp3) is 0.600. The van der Waals surface area contributed by atoms with Gasteiger partial charge in [-0.2, -0.15) is 0 Å². The number of nitrogens with one attached hydrogen (secondary N) is 2. The largest absolute Gasteiger partial charge is 0.324 e. The van der Waals surface area contributed by atoms with Crippen molar-refractivity contribution >= 4 is 15.7 Å². The fourth-order valence-corrected chi connectivity index (χ4v) is 4.61. The van der Waals surface area contributed by atoms with E-state index >= 15 is 0 Å². The van der Waals surface area contributed by atoms with E-state index in [2.05, 4.69) is 17.1 Å². The highest BCUT2D eigenvalue weighted by molar-refractivity contribution is 7.89. The Kier molecular flexibility index (Phi) is 4.60. The fourth-order valence-electron chi connectivity index (χ4n) is 3.00. The van der Waals surface area contributed by atoms with E-state index in [1.807, 2.05) is 0 Å². The van der Waals surface area contributed by atoms with E-state index in [0.29, 0.717) is 28.3 Å². The maximum Gasteiger partial charge on any atom is 0.241 e. The lowest BCUT2D eigenvalue weighted by Gasteiger charge is -2.18. The molecule has 0 amide bonds. The molecular weight excluding hydrogens is 286 g/mol. The minimum atomic E-state index is -3.48. The van der Waals surface area contributed by atoms with Gasteiger partial charge in [-0.3, -0.25) is 5.84 Å². The second-order valence-electron chi connectivity index (χ2n) is 6.16. The van der Waals surface area contributed by atoms with Gasteiger partial charge in [-0.05, 0) is 61.8 Å². The van der Waals surface area contributed by atoms with Crippen LogP contribution in [-0.2, 0) is 10.0 Å². The zero-order valence-corrected chi connectivity index (χ0v) is 13.8. The lowest BCUT2D eigenvalue weighted by molar-refractivity contribution is 0.449. The molecule has 1 aliphatic carbocycles. The average molecular weight is 311 g/mol. The zero-order chi connectivity index (χ0) is 15.7. The maximum atomic E-state index is 12.6. The molecule has 1 aromatic rings. The van der Waals surface area contributed by atoms with Gasteiger partial charge in [0.1, 0.15) is 0 Å². The van der Waals surface area contributed by atoms with Gasteiger partial charge in [-0.15, -0.1) is 0 Å². The van der Waals surface area contributed by atoms with Crippen molar-refractivity contribution in [2.75, 3.05) is 12.0 Å². The van der Waals surface area contributed by atoms with Crippen LogP contribution in [0.1, 0.15) is 43.7 Å². The van der Waals surface area contributed by atoms with E-state index in [-0.39, 0.29) is 5.41 Å². The Morgan fingerprint density at radius 2 is 1.81 bits per heavy atom. The lowest BCUT2D eigenvalue weighted by Crippen LogP contribution is -2.31. The molecule has 0 bridgehead atoms. The van der Waals surface area contributed by atoms with Crippen LogP contribution in [0.4, 0.5) is 5.69 Å². The summed E-state index contributed by atoms with van der Waals surface area (Å²) < 4.78 is 28.0. The van der Waals surface area contributed by atoms with Crippen molar-refractivity contribution in [3.8, 4) is 0 Å². The second kappa shape index (κ2) is 5.94. The van der Waals surface area contributed by atoms with Crippen molar-refractivity contribution in [1.29, 1.82) is 0 Å². The first-order valence-corrected chi connectivity index (χ1v) is 8.89. The maximum absolute atomic E-state index is 12.6. The minimum absolute atomic E-state index is 0.197. The summed E-state index contributed by atoms with van der Waals surface area (Å²) in [4.78, 5) is 0.369. The van der Waals surface area contributed by atoms with E-state index in [1.165, 1.54) is 0 Å². The number of hydrazine groups is 1. The molecular formula is C15H25N3O2S. The Balaban J connectivity index is 2.20. The third kappa shape index (κ3) is 3.56. The number of benzene rings is 1. The van der Waals surface area contributed by atoms with Crippen LogP contribution in [0, 0.1) is 19.3 Å². The molecule has 1 aromatic carbocycles. The molecule has 1 fully saturated rings. The molecule has 0 saturated heterocycles. The first kappa shape index (κ1) is 16.3. The van der Waals surface area contributed by atoms with Crippen LogP contribution in [0.15, 0.2) is 17.0 Å². The number of hydrogen-bond acceptors (Lipinski definition) is 4. The highest BCUT2D eigenvalue weighted by Crippen LogP contribution is 2.49. The topological polar surface area (TPSA) is 84.2 Å². The van der Waals surface area contributed by atoms with Crippen LogP contribution in [0.2, 0.25) is 0 Å². The molecule has 0 radical (unpaired) electrons. The van der Waals surface area contributed by atoms with E-state index in [0.717, 1.165) is 25.7 Å². The summed E-state index contributed by atoms with van der Waals surface area (Å²) in [6, 6.07) is 3.50. The molecule has 0 aromatic heterocycles. The number of sulfonamides is 1. The predicted molar refractivity (Wildman–Crippen MR) is 85.5 cm³/mol. The SMILES string of the molecule is CCCC1(CNS(=O)(=O)c2c(C)cc(NN)cc2C)CC1. The molecule has 4 N–H and O–H groups in total. The van der Waals surface area contributed by atoms with Crippen molar-refractivity contribution < 1.29 is 8.42 Å². The molecule has 5 nitrogen and oxygen atoms in total. The quantitative estimate of drug-likeness (QED) is 0.533. The zero-order valence-electron chi connectivity index (χ0n) is 13.0. The van der Waals surface area contributed by atoms with E-state index in [4.69, 9.17) is 5.84 Å². The summed E-state index contributed by atoms with van der Waals surface area (Å²) in [6.07, 6.45) is 4.43. The van der Waals surface area contributed by atoms with Crippen LogP contribution >= 0.6 is 0 Å². The Bertz CT molecular complexity index is 599. The minimum Gasteiger partial charge on any atom is -0.324 e. The van der Waals surface area contributed by atoms with E-state index in [9.17, 15) is 8.42 Å². The van der Waals surface area contributed by atoms with E-state index < -0.39 is 10.0 Å². The Hall–Kier alpha value is -1.11.